The van der Waals surface area contributed by atoms with Crippen molar-refractivity contribution in [1.82, 2.24) is 9.55 Å². The summed E-state index contributed by atoms with van der Waals surface area (Å²) in [4.78, 5) is 19.0. The highest BCUT2D eigenvalue weighted by atomic mass is 32.2. The highest BCUT2D eigenvalue weighted by molar-refractivity contribution is 7.99. The molecule has 4 rings (SSSR count). The Kier molecular flexibility index (Phi) is 6.89. The number of fused-ring (bicyclic) bond motifs is 1. The van der Waals surface area contributed by atoms with E-state index in [-0.39, 0.29) is 5.56 Å². The molecule has 158 valence electrons. The van der Waals surface area contributed by atoms with Gasteiger partial charge in [0.25, 0.3) is 5.56 Å². The van der Waals surface area contributed by atoms with Crippen molar-refractivity contribution in [3.8, 4) is 16.9 Å². The summed E-state index contributed by atoms with van der Waals surface area (Å²) in [6.07, 6.45) is 2.61. The normalized spacial score (nSPS) is 11.0. The van der Waals surface area contributed by atoms with Crippen LogP contribution in [0.3, 0.4) is 0 Å². The Morgan fingerprint density at radius 2 is 1.94 bits per heavy atom. The van der Waals surface area contributed by atoms with E-state index in [2.05, 4.69) is 37.8 Å². The minimum atomic E-state index is -0.00948. The van der Waals surface area contributed by atoms with E-state index in [0.29, 0.717) is 18.5 Å². The van der Waals surface area contributed by atoms with E-state index in [9.17, 15) is 4.79 Å². The van der Waals surface area contributed by atoms with Crippen LogP contribution in [0.15, 0.2) is 82.6 Å². The zero-order valence-electron chi connectivity index (χ0n) is 17.4. The molecule has 0 N–H and O–H groups in total. The van der Waals surface area contributed by atoms with Crippen LogP contribution in [0.1, 0.15) is 12.0 Å². The third kappa shape index (κ3) is 4.92. The van der Waals surface area contributed by atoms with E-state index >= 15 is 0 Å². The van der Waals surface area contributed by atoms with Gasteiger partial charge in [-0.05, 0) is 31.0 Å². The van der Waals surface area contributed by atoms with Crippen LogP contribution in [0.5, 0.6) is 5.75 Å². The Balaban J connectivity index is 1.54. The molecule has 2 aromatic carbocycles. The number of hydrogen-bond donors (Lipinski definition) is 0. The lowest BCUT2D eigenvalue weighted by molar-refractivity contribution is 0.318. The van der Waals surface area contributed by atoms with Gasteiger partial charge >= 0.3 is 0 Å². The molecular formula is C25H24N2O2S2. The van der Waals surface area contributed by atoms with E-state index < -0.39 is 0 Å². The lowest BCUT2D eigenvalue weighted by Crippen LogP contribution is -2.22. The average molecular weight is 449 g/mol. The molecular weight excluding hydrogens is 424 g/mol. The van der Waals surface area contributed by atoms with Crippen molar-refractivity contribution in [2.45, 2.75) is 25.0 Å². The third-order valence-corrected chi connectivity index (χ3v) is 6.80. The molecule has 0 atom stereocenters. The van der Waals surface area contributed by atoms with Gasteiger partial charge in [-0.15, -0.1) is 17.9 Å². The van der Waals surface area contributed by atoms with E-state index in [1.54, 1.807) is 22.4 Å². The molecule has 31 heavy (non-hydrogen) atoms. The number of rotatable bonds is 9. The third-order valence-electron chi connectivity index (χ3n) is 4.86. The fourth-order valence-corrected chi connectivity index (χ4v) is 5.19. The van der Waals surface area contributed by atoms with Crippen molar-refractivity contribution in [2.24, 2.45) is 0 Å². The lowest BCUT2D eigenvalue weighted by Gasteiger charge is -2.11. The first-order valence-electron chi connectivity index (χ1n) is 10.2. The van der Waals surface area contributed by atoms with Crippen LogP contribution < -0.4 is 10.3 Å². The van der Waals surface area contributed by atoms with Gasteiger partial charge in [0.1, 0.15) is 10.6 Å². The maximum atomic E-state index is 13.4. The maximum absolute atomic E-state index is 13.4. The SMILES string of the molecule is C=CCn1c(SCCCOc2ccccc2)nc2scc(-c3ccc(C)cc3)c2c1=O. The van der Waals surface area contributed by atoms with Crippen LogP contribution in [0.2, 0.25) is 0 Å². The molecule has 0 bridgehead atoms. The fraction of sp³-hybridized carbons (Fsp3) is 0.200. The molecule has 0 aliphatic rings. The van der Waals surface area contributed by atoms with Crippen LogP contribution in [0.4, 0.5) is 0 Å². The molecule has 0 aliphatic heterocycles. The highest BCUT2D eigenvalue weighted by Crippen LogP contribution is 2.32. The van der Waals surface area contributed by atoms with Crippen LogP contribution in [0, 0.1) is 6.92 Å². The number of hydrogen-bond acceptors (Lipinski definition) is 5. The summed E-state index contributed by atoms with van der Waals surface area (Å²) in [5, 5.41) is 3.45. The number of nitrogens with zero attached hydrogens (tertiary/aromatic N) is 2. The maximum Gasteiger partial charge on any atom is 0.263 e. The van der Waals surface area contributed by atoms with Gasteiger partial charge in [-0.1, -0.05) is 65.9 Å². The number of aromatic nitrogens is 2. The first kappa shape index (κ1) is 21.4. The van der Waals surface area contributed by atoms with Gasteiger partial charge in [-0.2, -0.15) is 0 Å². The highest BCUT2D eigenvalue weighted by Gasteiger charge is 2.17. The van der Waals surface area contributed by atoms with Gasteiger partial charge in [0.2, 0.25) is 0 Å². The van der Waals surface area contributed by atoms with Crippen molar-refractivity contribution in [2.75, 3.05) is 12.4 Å². The van der Waals surface area contributed by atoms with E-state index in [1.165, 1.54) is 16.9 Å². The Hall–Kier alpha value is -2.83. The molecule has 4 aromatic rings. The van der Waals surface area contributed by atoms with Crippen LogP contribution in [-0.4, -0.2) is 21.9 Å². The number of thiophene rings is 1. The zero-order valence-corrected chi connectivity index (χ0v) is 19.0. The van der Waals surface area contributed by atoms with Crippen LogP contribution in [-0.2, 0) is 6.54 Å². The van der Waals surface area contributed by atoms with Gasteiger partial charge in [0.05, 0.1) is 12.0 Å². The van der Waals surface area contributed by atoms with Gasteiger partial charge in [0, 0.05) is 23.2 Å². The molecule has 0 saturated heterocycles. The van der Waals surface area contributed by atoms with E-state index in [0.717, 1.165) is 39.0 Å². The van der Waals surface area contributed by atoms with Gasteiger partial charge < -0.3 is 4.74 Å². The quantitative estimate of drug-likeness (QED) is 0.133. The number of aryl methyl sites for hydroxylation is 1. The Bertz CT molecular complexity index is 1230. The fourth-order valence-electron chi connectivity index (χ4n) is 3.28. The second-order valence-corrected chi connectivity index (χ2v) is 9.08. The Morgan fingerprint density at radius 3 is 2.68 bits per heavy atom. The molecule has 2 heterocycles. The predicted octanol–water partition coefficient (Wildman–Crippen LogP) is 6.18. The molecule has 0 amide bonds. The summed E-state index contributed by atoms with van der Waals surface area (Å²) in [6.45, 7) is 6.95. The van der Waals surface area contributed by atoms with Crippen molar-refractivity contribution < 1.29 is 4.74 Å². The second kappa shape index (κ2) is 9.98. The molecule has 0 fully saturated rings. The van der Waals surface area contributed by atoms with Crippen molar-refractivity contribution in [1.29, 1.82) is 0 Å². The zero-order chi connectivity index (χ0) is 21.6. The summed E-state index contributed by atoms with van der Waals surface area (Å²) in [6, 6.07) is 18.0. The monoisotopic (exact) mass is 448 g/mol. The molecule has 4 nitrogen and oxygen atoms in total. The summed E-state index contributed by atoms with van der Waals surface area (Å²) in [7, 11) is 0. The Labute approximate surface area is 190 Å². The Morgan fingerprint density at radius 1 is 1.16 bits per heavy atom. The average Bonchev–Trinajstić information content (AvgIpc) is 3.21. The smallest absolute Gasteiger partial charge is 0.263 e. The standard InChI is InChI=1S/C25H24N2O2S2/c1-3-14-27-24(28)22-21(19-12-10-18(2)11-13-19)17-31-23(22)26-25(27)30-16-7-15-29-20-8-5-4-6-9-20/h3-6,8-13,17H,1,7,14-16H2,2H3. The minimum absolute atomic E-state index is 0.00948. The van der Waals surface area contributed by atoms with E-state index in [1.807, 2.05) is 35.7 Å². The molecule has 0 radical (unpaired) electrons. The molecule has 0 unspecified atom stereocenters. The number of allylic oxidation sites excluding steroid dienone is 1. The number of benzene rings is 2. The van der Waals surface area contributed by atoms with Gasteiger partial charge in [0.15, 0.2) is 5.16 Å². The molecule has 0 saturated carbocycles. The summed E-state index contributed by atoms with van der Waals surface area (Å²) < 4.78 is 7.48. The van der Waals surface area contributed by atoms with E-state index in [4.69, 9.17) is 9.72 Å². The molecule has 0 spiro atoms. The summed E-state index contributed by atoms with van der Waals surface area (Å²) in [5.41, 5.74) is 3.17. The molecule has 2 aromatic heterocycles. The van der Waals surface area contributed by atoms with Crippen molar-refractivity contribution in [3.05, 3.63) is 88.5 Å². The molecule has 0 aliphatic carbocycles. The van der Waals surface area contributed by atoms with Crippen LogP contribution >= 0.6 is 23.1 Å². The summed E-state index contributed by atoms with van der Waals surface area (Å²) in [5.74, 6) is 1.69. The minimum Gasteiger partial charge on any atom is -0.494 e. The number of para-hydroxylation sites is 1. The van der Waals surface area contributed by atoms with Gasteiger partial charge in [-0.25, -0.2) is 4.98 Å². The topological polar surface area (TPSA) is 44.1 Å². The first-order chi connectivity index (χ1) is 15.2. The lowest BCUT2D eigenvalue weighted by atomic mass is 10.1. The number of thioether (sulfide) groups is 1. The first-order valence-corrected chi connectivity index (χ1v) is 12.0. The second-order valence-electron chi connectivity index (χ2n) is 7.16. The van der Waals surface area contributed by atoms with Crippen molar-refractivity contribution in [3.63, 3.8) is 0 Å². The van der Waals surface area contributed by atoms with Crippen molar-refractivity contribution >= 4 is 33.3 Å². The van der Waals surface area contributed by atoms with Gasteiger partial charge in [-0.3, -0.25) is 9.36 Å². The van der Waals surface area contributed by atoms with Crippen LogP contribution in [0.25, 0.3) is 21.3 Å². The summed E-state index contributed by atoms with van der Waals surface area (Å²) >= 11 is 3.11. The molecule has 6 heteroatoms. The number of ether oxygens (including phenoxy) is 1. The predicted molar refractivity (Wildman–Crippen MR) is 132 cm³/mol. The largest absolute Gasteiger partial charge is 0.494 e.